The molecule has 0 bridgehead atoms. The third-order valence-corrected chi connectivity index (χ3v) is 21.1. The molecule has 106 valence electrons. The summed E-state index contributed by atoms with van der Waals surface area (Å²) in [4.78, 5) is 0. The molecule has 0 saturated carbocycles. The molecule has 2 heteroatoms. The van der Waals surface area contributed by atoms with E-state index < -0.39 is 43.5 Å². The summed E-state index contributed by atoms with van der Waals surface area (Å²) >= 11 is -3.91. The molecular weight excluding hydrogens is 634 g/mol. The Bertz CT molecular complexity index is 470. The van der Waals surface area contributed by atoms with Gasteiger partial charge < -0.3 is 0 Å². The minimum absolute atomic E-state index is 1.35. The molecule has 0 aromatic heterocycles. The van der Waals surface area contributed by atoms with Crippen molar-refractivity contribution in [1.82, 2.24) is 0 Å². The average Bonchev–Trinajstić information content (AvgIpc) is 2.29. The summed E-state index contributed by atoms with van der Waals surface area (Å²) in [6.07, 6.45) is 0. The summed E-state index contributed by atoms with van der Waals surface area (Å²) in [5, 5.41) is 0. The summed E-state index contributed by atoms with van der Waals surface area (Å²) in [5.74, 6) is 0. The predicted octanol–water partition coefficient (Wildman–Crippen LogP) is 3.55. The van der Waals surface area contributed by atoms with Gasteiger partial charge in [-0.2, -0.15) is 0 Å². The molecule has 0 nitrogen and oxygen atoms in total. The SMILES string of the molecule is C=[C](C)[Bi]([C](=C)C)[c]1cc[c]([Bi]([C](=C)C)[C](=C)C)cc1. The van der Waals surface area contributed by atoms with Crippen LogP contribution in [0.5, 0.6) is 0 Å². The molecule has 1 rings (SSSR count). The third-order valence-electron chi connectivity index (χ3n) is 2.89. The van der Waals surface area contributed by atoms with E-state index in [0.29, 0.717) is 0 Å². The number of rotatable bonds is 6. The van der Waals surface area contributed by atoms with Crippen LogP contribution in [-0.2, 0) is 0 Å². The second kappa shape index (κ2) is 7.81. The molecule has 0 aliphatic carbocycles. The van der Waals surface area contributed by atoms with Gasteiger partial charge in [0, 0.05) is 0 Å². The normalized spacial score (nSPS) is 10.7. The van der Waals surface area contributed by atoms with E-state index in [1.807, 2.05) is 0 Å². The van der Waals surface area contributed by atoms with Crippen LogP contribution < -0.4 is 6.54 Å². The fourth-order valence-corrected chi connectivity index (χ4v) is 17.7. The van der Waals surface area contributed by atoms with Gasteiger partial charge in [-0.25, -0.2) is 0 Å². The molecule has 0 spiro atoms. The molecule has 0 fully saturated rings. The zero-order valence-electron chi connectivity index (χ0n) is 13.0. The number of hydrogen-bond donors (Lipinski definition) is 0. The van der Waals surface area contributed by atoms with E-state index in [0.717, 1.165) is 0 Å². The summed E-state index contributed by atoms with van der Waals surface area (Å²) in [6, 6.07) is 9.24. The molecule has 20 heavy (non-hydrogen) atoms. The fourth-order valence-electron chi connectivity index (χ4n) is 2.28. The molecule has 0 aliphatic rings. The second-order valence-corrected chi connectivity index (χ2v) is 26.2. The van der Waals surface area contributed by atoms with Crippen LogP contribution in [0.15, 0.2) is 63.7 Å². The van der Waals surface area contributed by atoms with Crippen molar-refractivity contribution >= 4 is 50.0 Å². The van der Waals surface area contributed by atoms with Gasteiger partial charge in [-0.1, -0.05) is 0 Å². The molecule has 1 aromatic rings. The van der Waals surface area contributed by atoms with Gasteiger partial charge in [0.15, 0.2) is 0 Å². The molecular formula is C18H24Bi2. The zero-order chi connectivity index (χ0) is 15.4. The molecule has 0 aliphatic heterocycles. The summed E-state index contributed by atoms with van der Waals surface area (Å²) in [7, 11) is 0. The Morgan fingerprint density at radius 1 is 0.600 bits per heavy atom. The average molecular weight is 658 g/mol. The molecule has 0 radical (unpaired) electrons. The zero-order valence-corrected chi connectivity index (χ0v) is 20.0. The van der Waals surface area contributed by atoms with Crippen LogP contribution in [0, 0.1) is 0 Å². The minimum atomic E-state index is -1.95. The van der Waals surface area contributed by atoms with Crippen molar-refractivity contribution < 1.29 is 0 Å². The van der Waals surface area contributed by atoms with Crippen molar-refractivity contribution in [1.29, 1.82) is 0 Å². The maximum atomic E-state index is 4.18. The van der Waals surface area contributed by atoms with E-state index >= 15 is 0 Å². The number of hydrogen-bond acceptors (Lipinski definition) is 0. The first-order valence-electron chi connectivity index (χ1n) is 6.58. The third kappa shape index (κ3) is 4.47. The van der Waals surface area contributed by atoms with Crippen LogP contribution in [-0.4, -0.2) is 43.5 Å². The van der Waals surface area contributed by atoms with Gasteiger partial charge in [0.2, 0.25) is 0 Å². The first kappa shape index (κ1) is 18.0. The quantitative estimate of drug-likeness (QED) is 0.411. The van der Waals surface area contributed by atoms with Crippen molar-refractivity contribution in [2.75, 3.05) is 0 Å². The van der Waals surface area contributed by atoms with Gasteiger partial charge in [-0.3, -0.25) is 0 Å². The fraction of sp³-hybridized carbons (Fsp3) is 0.222. The number of benzene rings is 1. The van der Waals surface area contributed by atoms with E-state index in [9.17, 15) is 0 Å². The van der Waals surface area contributed by atoms with Crippen molar-refractivity contribution in [3.63, 3.8) is 0 Å². The molecule has 0 N–H and O–H groups in total. The van der Waals surface area contributed by atoms with Crippen LogP contribution in [0.2, 0.25) is 0 Å². The van der Waals surface area contributed by atoms with E-state index in [-0.39, 0.29) is 0 Å². The molecule has 0 saturated heterocycles. The van der Waals surface area contributed by atoms with Crippen LogP contribution in [0.4, 0.5) is 0 Å². The molecule has 0 atom stereocenters. The van der Waals surface area contributed by atoms with Crippen molar-refractivity contribution in [3.05, 3.63) is 63.7 Å². The number of allylic oxidation sites excluding steroid dienone is 4. The second-order valence-electron chi connectivity index (χ2n) is 5.13. The molecule has 0 amide bonds. The van der Waals surface area contributed by atoms with Gasteiger partial charge in [0.25, 0.3) is 0 Å². The summed E-state index contributed by atoms with van der Waals surface area (Å²) < 4.78 is 8.35. The standard InChI is InChI=1S/C6H4.4C3H5.2Bi/c1-2-4-6-5-3-1;4*1-3-2;;/h1-2,5-6H;4*1H2,2H3;;. The first-order chi connectivity index (χ1) is 9.25. The van der Waals surface area contributed by atoms with E-state index in [1.165, 1.54) is 19.7 Å². The van der Waals surface area contributed by atoms with Gasteiger partial charge >= 0.3 is 141 Å². The van der Waals surface area contributed by atoms with Crippen molar-refractivity contribution in [2.24, 2.45) is 0 Å². The van der Waals surface area contributed by atoms with Crippen LogP contribution in [0.1, 0.15) is 27.7 Å². The summed E-state index contributed by atoms with van der Waals surface area (Å²) in [5.41, 5.74) is 0. The Balaban J connectivity index is 3.16. The Hall–Kier alpha value is -0.0538. The van der Waals surface area contributed by atoms with Crippen LogP contribution >= 0.6 is 0 Å². The molecule has 1 aromatic carbocycles. The Labute approximate surface area is 140 Å². The van der Waals surface area contributed by atoms with Gasteiger partial charge in [0.05, 0.1) is 0 Å². The van der Waals surface area contributed by atoms with Crippen molar-refractivity contribution in [2.45, 2.75) is 27.7 Å². The molecule has 0 unspecified atom stereocenters. The van der Waals surface area contributed by atoms with Crippen molar-refractivity contribution in [3.8, 4) is 0 Å². The van der Waals surface area contributed by atoms with Gasteiger partial charge in [-0.05, 0) is 0 Å². The molecule has 0 heterocycles. The monoisotopic (exact) mass is 658 g/mol. The Kier molecular flexibility index (Phi) is 7.03. The Morgan fingerprint density at radius 3 is 0.950 bits per heavy atom. The summed E-state index contributed by atoms with van der Waals surface area (Å²) in [6.45, 7) is 25.4. The van der Waals surface area contributed by atoms with E-state index in [2.05, 4.69) is 78.3 Å². The Morgan fingerprint density at radius 2 is 0.800 bits per heavy atom. The maximum absolute atomic E-state index is 4.18. The van der Waals surface area contributed by atoms with E-state index in [1.54, 1.807) is 0 Å². The van der Waals surface area contributed by atoms with Crippen LogP contribution in [0.3, 0.4) is 0 Å². The first-order valence-corrected chi connectivity index (χ1v) is 17.0. The van der Waals surface area contributed by atoms with Gasteiger partial charge in [0.1, 0.15) is 0 Å². The van der Waals surface area contributed by atoms with Gasteiger partial charge in [-0.15, -0.1) is 0 Å². The predicted molar refractivity (Wildman–Crippen MR) is 96.5 cm³/mol. The van der Waals surface area contributed by atoms with Crippen LogP contribution in [0.25, 0.3) is 0 Å². The van der Waals surface area contributed by atoms with E-state index in [4.69, 9.17) is 0 Å². The topological polar surface area (TPSA) is 0 Å².